The van der Waals surface area contributed by atoms with Gasteiger partial charge in [-0.15, -0.1) is 0 Å². The summed E-state index contributed by atoms with van der Waals surface area (Å²) >= 11 is 0. The molecular formula is C21H31N3O5S. The summed E-state index contributed by atoms with van der Waals surface area (Å²) in [6.07, 6.45) is 3.04. The van der Waals surface area contributed by atoms with E-state index in [4.69, 9.17) is 4.74 Å². The first kappa shape index (κ1) is 22.6. The van der Waals surface area contributed by atoms with Crippen LogP contribution >= 0.6 is 0 Å². The highest BCUT2D eigenvalue weighted by Crippen LogP contribution is 2.29. The molecule has 30 heavy (non-hydrogen) atoms. The SMILES string of the molecule is COc1ccc(C(=O)N2CCN(C(=O)C3CCC3)CC2)cc1S(=O)(=O)NC(C)(C)C. The van der Waals surface area contributed by atoms with Crippen molar-refractivity contribution in [3.63, 3.8) is 0 Å². The molecule has 9 heteroatoms. The van der Waals surface area contributed by atoms with Gasteiger partial charge in [0, 0.05) is 43.2 Å². The number of piperazine rings is 1. The number of benzene rings is 1. The third kappa shape index (κ3) is 4.95. The Balaban J connectivity index is 1.74. The van der Waals surface area contributed by atoms with Gasteiger partial charge >= 0.3 is 0 Å². The maximum Gasteiger partial charge on any atom is 0.254 e. The average molecular weight is 438 g/mol. The average Bonchev–Trinajstić information content (AvgIpc) is 2.63. The summed E-state index contributed by atoms with van der Waals surface area (Å²) in [4.78, 5) is 28.8. The molecule has 8 nitrogen and oxygen atoms in total. The number of sulfonamides is 1. The minimum absolute atomic E-state index is 0.0652. The Morgan fingerprint density at radius 3 is 2.17 bits per heavy atom. The van der Waals surface area contributed by atoms with E-state index in [2.05, 4.69) is 4.72 Å². The quantitative estimate of drug-likeness (QED) is 0.759. The highest BCUT2D eigenvalue weighted by molar-refractivity contribution is 7.89. The van der Waals surface area contributed by atoms with Gasteiger partial charge in [-0.3, -0.25) is 9.59 Å². The van der Waals surface area contributed by atoms with Crippen molar-refractivity contribution in [1.29, 1.82) is 0 Å². The zero-order valence-electron chi connectivity index (χ0n) is 18.1. The van der Waals surface area contributed by atoms with Crippen LogP contribution in [0.15, 0.2) is 23.1 Å². The van der Waals surface area contributed by atoms with Gasteiger partial charge in [-0.1, -0.05) is 6.42 Å². The third-order valence-corrected chi connectivity index (χ3v) is 7.25. The molecule has 1 saturated carbocycles. The number of carbonyl (C=O) groups is 2. The maximum absolute atomic E-state index is 13.0. The first-order valence-electron chi connectivity index (χ1n) is 10.3. The summed E-state index contributed by atoms with van der Waals surface area (Å²) in [7, 11) is -2.48. The molecule has 1 aromatic rings. The number of methoxy groups -OCH3 is 1. The van der Waals surface area contributed by atoms with Crippen molar-refractivity contribution in [3.05, 3.63) is 23.8 Å². The number of amides is 2. The first-order valence-corrected chi connectivity index (χ1v) is 11.8. The third-order valence-electron chi connectivity index (χ3n) is 5.47. The van der Waals surface area contributed by atoms with Crippen molar-refractivity contribution < 1.29 is 22.7 Å². The van der Waals surface area contributed by atoms with Crippen LogP contribution in [0.1, 0.15) is 50.4 Å². The van der Waals surface area contributed by atoms with Crippen LogP contribution in [0, 0.1) is 5.92 Å². The van der Waals surface area contributed by atoms with Crippen LogP contribution in [0.5, 0.6) is 5.75 Å². The predicted octanol–water partition coefficient (Wildman–Crippen LogP) is 1.86. The fourth-order valence-electron chi connectivity index (χ4n) is 3.70. The van der Waals surface area contributed by atoms with E-state index >= 15 is 0 Å². The molecule has 166 valence electrons. The summed E-state index contributed by atoms with van der Waals surface area (Å²) in [6.45, 7) is 7.13. The van der Waals surface area contributed by atoms with Gasteiger partial charge in [0.05, 0.1) is 7.11 Å². The van der Waals surface area contributed by atoms with Gasteiger partial charge in [-0.05, 0) is 51.8 Å². The van der Waals surface area contributed by atoms with E-state index in [1.165, 1.54) is 19.2 Å². The lowest BCUT2D eigenvalue weighted by atomic mass is 9.84. The van der Waals surface area contributed by atoms with Gasteiger partial charge in [0.2, 0.25) is 15.9 Å². The molecule has 0 spiro atoms. The molecule has 1 aliphatic heterocycles. The standard InChI is InChI=1S/C21H31N3O5S/c1-21(2,3)22-30(27,28)18-14-16(8-9-17(18)29-4)20(26)24-12-10-23(11-13-24)19(25)15-6-5-7-15/h8-9,14-15,22H,5-7,10-13H2,1-4H3. The Bertz CT molecular complexity index is 911. The molecule has 1 N–H and O–H groups in total. The number of hydrogen-bond donors (Lipinski definition) is 1. The lowest BCUT2D eigenvalue weighted by Crippen LogP contribution is -2.52. The van der Waals surface area contributed by atoms with Crippen LogP contribution in [0.25, 0.3) is 0 Å². The number of hydrogen-bond acceptors (Lipinski definition) is 5. The molecule has 1 heterocycles. The zero-order chi connectivity index (χ0) is 22.1. The summed E-state index contributed by atoms with van der Waals surface area (Å²) in [5, 5.41) is 0. The monoisotopic (exact) mass is 437 g/mol. The van der Waals surface area contributed by atoms with Crippen LogP contribution in [0.3, 0.4) is 0 Å². The molecule has 0 atom stereocenters. The second-order valence-electron chi connectivity index (χ2n) is 8.97. The highest BCUT2D eigenvalue weighted by atomic mass is 32.2. The Morgan fingerprint density at radius 1 is 1.07 bits per heavy atom. The minimum atomic E-state index is -3.87. The summed E-state index contributed by atoms with van der Waals surface area (Å²) in [5.41, 5.74) is -0.392. The molecule has 1 saturated heterocycles. The van der Waals surface area contributed by atoms with Crippen LogP contribution in [0.4, 0.5) is 0 Å². The van der Waals surface area contributed by atoms with Crippen molar-refractivity contribution >= 4 is 21.8 Å². The maximum atomic E-state index is 13.0. The molecular weight excluding hydrogens is 406 g/mol. The smallest absolute Gasteiger partial charge is 0.254 e. The van der Waals surface area contributed by atoms with Crippen LogP contribution in [-0.4, -0.2) is 68.9 Å². The Morgan fingerprint density at radius 2 is 1.67 bits per heavy atom. The van der Waals surface area contributed by atoms with E-state index in [9.17, 15) is 18.0 Å². The van der Waals surface area contributed by atoms with Gasteiger partial charge in [0.15, 0.2) is 0 Å². The molecule has 1 aliphatic carbocycles. The highest BCUT2D eigenvalue weighted by Gasteiger charge is 2.33. The van der Waals surface area contributed by atoms with E-state index in [-0.39, 0.29) is 33.9 Å². The number of nitrogens with one attached hydrogen (secondary N) is 1. The number of carbonyl (C=O) groups excluding carboxylic acids is 2. The van der Waals surface area contributed by atoms with Gasteiger partial charge in [0.1, 0.15) is 10.6 Å². The van der Waals surface area contributed by atoms with Crippen molar-refractivity contribution in [2.75, 3.05) is 33.3 Å². The minimum Gasteiger partial charge on any atom is -0.495 e. The van der Waals surface area contributed by atoms with Gasteiger partial charge in [-0.2, -0.15) is 0 Å². The fourth-order valence-corrected chi connectivity index (χ4v) is 5.32. The van der Waals surface area contributed by atoms with Crippen molar-refractivity contribution in [1.82, 2.24) is 14.5 Å². The Hall–Kier alpha value is -2.13. The van der Waals surface area contributed by atoms with Gasteiger partial charge in [-0.25, -0.2) is 13.1 Å². The van der Waals surface area contributed by atoms with Crippen LogP contribution < -0.4 is 9.46 Å². The lowest BCUT2D eigenvalue weighted by molar-refractivity contribution is -0.139. The molecule has 3 rings (SSSR count). The second kappa shape index (κ2) is 8.55. The molecule has 2 fully saturated rings. The molecule has 2 aliphatic rings. The van der Waals surface area contributed by atoms with E-state index in [0.717, 1.165) is 19.3 Å². The van der Waals surface area contributed by atoms with Crippen molar-refractivity contribution in [3.8, 4) is 5.75 Å². The van der Waals surface area contributed by atoms with Crippen LogP contribution in [0.2, 0.25) is 0 Å². The fraction of sp³-hybridized carbons (Fsp3) is 0.619. The second-order valence-corrected chi connectivity index (χ2v) is 10.6. The van der Waals surface area contributed by atoms with E-state index in [1.807, 2.05) is 4.90 Å². The van der Waals surface area contributed by atoms with Crippen molar-refractivity contribution in [2.45, 2.75) is 50.5 Å². The molecule has 0 unspecified atom stereocenters. The van der Waals surface area contributed by atoms with Gasteiger partial charge in [0.25, 0.3) is 5.91 Å². The summed E-state index contributed by atoms with van der Waals surface area (Å²) in [5.74, 6) is 0.274. The molecule has 0 bridgehead atoms. The van der Waals surface area contributed by atoms with Crippen LogP contribution in [-0.2, 0) is 14.8 Å². The number of nitrogens with zero attached hydrogens (tertiary/aromatic N) is 2. The predicted molar refractivity (Wildman–Crippen MR) is 113 cm³/mol. The van der Waals surface area contributed by atoms with Gasteiger partial charge < -0.3 is 14.5 Å². The molecule has 1 aromatic carbocycles. The van der Waals surface area contributed by atoms with E-state index in [1.54, 1.807) is 31.7 Å². The summed E-state index contributed by atoms with van der Waals surface area (Å²) in [6, 6.07) is 4.44. The Labute approximate surface area is 178 Å². The lowest BCUT2D eigenvalue weighted by Gasteiger charge is -2.38. The van der Waals surface area contributed by atoms with E-state index < -0.39 is 15.6 Å². The molecule has 0 aromatic heterocycles. The normalized spacial score (nSPS) is 18.1. The largest absolute Gasteiger partial charge is 0.495 e. The molecule has 0 radical (unpaired) electrons. The first-order chi connectivity index (χ1) is 14.0. The number of ether oxygens (including phenoxy) is 1. The molecule has 2 amide bonds. The van der Waals surface area contributed by atoms with Crippen molar-refractivity contribution in [2.24, 2.45) is 5.92 Å². The summed E-state index contributed by atoms with van der Waals surface area (Å²) < 4.78 is 33.5. The topological polar surface area (TPSA) is 96.0 Å². The Kier molecular flexibility index (Phi) is 6.43. The zero-order valence-corrected chi connectivity index (χ0v) is 18.9. The van der Waals surface area contributed by atoms with E-state index in [0.29, 0.717) is 26.2 Å². The number of rotatable bonds is 5.